The first-order valence-corrected chi connectivity index (χ1v) is 7.46. The fourth-order valence-electron chi connectivity index (χ4n) is 2.92. The van der Waals surface area contributed by atoms with Crippen LogP contribution >= 0.6 is 0 Å². The van der Waals surface area contributed by atoms with E-state index in [0.29, 0.717) is 0 Å². The molecule has 1 aromatic carbocycles. The van der Waals surface area contributed by atoms with Gasteiger partial charge >= 0.3 is 0 Å². The zero-order valence-electron chi connectivity index (χ0n) is 12.3. The van der Waals surface area contributed by atoms with Crippen molar-refractivity contribution in [1.82, 2.24) is 4.90 Å². The second-order valence-electron chi connectivity index (χ2n) is 5.70. The summed E-state index contributed by atoms with van der Waals surface area (Å²) < 4.78 is 0. The van der Waals surface area contributed by atoms with Crippen molar-refractivity contribution < 1.29 is 4.79 Å². The molecule has 1 aromatic rings. The van der Waals surface area contributed by atoms with Gasteiger partial charge in [-0.25, -0.2) is 0 Å². The van der Waals surface area contributed by atoms with Crippen molar-refractivity contribution in [3.8, 4) is 0 Å². The molecule has 0 saturated carbocycles. The maximum Gasteiger partial charge on any atom is 0.221 e. The highest BCUT2D eigenvalue weighted by atomic mass is 16.1. The Bertz CT molecular complexity index is 428. The van der Waals surface area contributed by atoms with Gasteiger partial charge in [-0.3, -0.25) is 9.69 Å². The van der Waals surface area contributed by atoms with Crippen LogP contribution in [0.5, 0.6) is 0 Å². The first-order valence-electron chi connectivity index (χ1n) is 7.46. The van der Waals surface area contributed by atoms with Gasteiger partial charge in [-0.2, -0.15) is 0 Å². The molecule has 1 amide bonds. The second kappa shape index (κ2) is 7.41. The minimum Gasteiger partial charge on any atom is -0.330 e. The third-order valence-corrected chi connectivity index (χ3v) is 3.86. The summed E-state index contributed by atoms with van der Waals surface area (Å²) in [4.78, 5) is 13.5. The lowest BCUT2D eigenvalue weighted by molar-refractivity contribution is -0.114. The molecule has 1 fully saturated rings. The lowest BCUT2D eigenvalue weighted by Gasteiger charge is -2.32. The molecule has 4 heteroatoms. The van der Waals surface area contributed by atoms with E-state index in [2.05, 4.69) is 22.3 Å². The van der Waals surface area contributed by atoms with E-state index in [1.807, 2.05) is 12.1 Å². The zero-order valence-corrected chi connectivity index (χ0v) is 12.3. The van der Waals surface area contributed by atoms with Crippen LogP contribution in [0.2, 0.25) is 0 Å². The molecule has 0 aromatic heterocycles. The summed E-state index contributed by atoms with van der Waals surface area (Å²) >= 11 is 0. The van der Waals surface area contributed by atoms with Gasteiger partial charge in [0.1, 0.15) is 0 Å². The third-order valence-electron chi connectivity index (χ3n) is 3.86. The first-order chi connectivity index (χ1) is 9.67. The highest BCUT2D eigenvalue weighted by Gasteiger charge is 2.19. The number of piperidine rings is 1. The van der Waals surface area contributed by atoms with Gasteiger partial charge in [-0.05, 0) is 56.0 Å². The standard InChI is InChI=1S/C16H25N3O/c1-13(20)18-16-6-4-15(5-7-16)12-19-10-2-3-14(11-19)8-9-17/h4-7,14H,2-3,8-12,17H2,1H3,(H,18,20). The van der Waals surface area contributed by atoms with Crippen molar-refractivity contribution in [2.75, 3.05) is 25.0 Å². The summed E-state index contributed by atoms with van der Waals surface area (Å²) in [6.45, 7) is 5.64. The van der Waals surface area contributed by atoms with E-state index in [-0.39, 0.29) is 5.91 Å². The van der Waals surface area contributed by atoms with Crippen molar-refractivity contribution in [2.24, 2.45) is 11.7 Å². The Labute approximate surface area is 121 Å². The highest BCUT2D eigenvalue weighted by molar-refractivity contribution is 5.88. The minimum atomic E-state index is -0.0293. The molecule has 1 aliphatic heterocycles. The molecule has 0 spiro atoms. The lowest BCUT2D eigenvalue weighted by atomic mass is 9.94. The predicted molar refractivity (Wildman–Crippen MR) is 82.4 cm³/mol. The number of nitrogens with zero attached hydrogens (tertiary/aromatic N) is 1. The van der Waals surface area contributed by atoms with Gasteiger partial charge in [0.25, 0.3) is 0 Å². The molecule has 1 heterocycles. The largest absolute Gasteiger partial charge is 0.330 e. The number of anilines is 1. The topological polar surface area (TPSA) is 58.4 Å². The SMILES string of the molecule is CC(=O)Nc1ccc(CN2CCCC(CCN)C2)cc1. The number of nitrogens with two attached hydrogens (primary N) is 1. The molecule has 0 radical (unpaired) electrons. The van der Waals surface area contributed by atoms with Crippen molar-refractivity contribution in [3.05, 3.63) is 29.8 Å². The van der Waals surface area contributed by atoms with Crippen LogP contribution in [-0.4, -0.2) is 30.4 Å². The molecule has 20 heavy (non-hydrogen) atoms. The molecule has 1 atom stereocenters. The van der Waals surface area contributed by atoms with E-state index in [9.17, 15) is 4.79 Å². The summed E-state index contributed by atoms with van der Waals surface area (Å²) in [5.41, 5.74) is 7.82. The number of amides is 1. The molecule has 1 unspecified atom stereocenters. The van der Waals surface area contributed by atoms with Crippen molar-refractivity contribution in [1.29, 1.82) is 0 Å². The molecule has 2 rings (SSSR count). The van der Waals surface area contributed by atoms with Crippen LogP contribution in [0.25, 0.3) is 0 Å². The van der Waals surface area contributed by atoms with Gasteiger partial charge in [-0.1, -0.05) is 12.1 Å². The molecule has 1 aliphatic rings. The molecule has 3 N–H and O–H groups in total. The minimum absolute atomic E-state index is 0.0293. The number of carbonyl (C=O) groups is 1. The number of rotatable bonds is 5. The Hall–Kier alpha value is -1.39. The van der Waals surface area contributed by atoms with E-state index >= 15 is 0 Å². The van der Waals surface area contributed by atoms with Crippen LogP contribution in [0, 0.1) is 5.92 Å². The van der Waals surface area contributed by atoms with Crippen molar-refractivity contribution >= 4 is 11.6 Å². The predicted octanol–water partition coefficient (Wildman–Crippen LogP) is 2.21. The van der Waals surface area contributed by atoms with Crippen molar-refractivity contribution in [2.45, 2.75) is 32.7 Å². The molecular weight excluding hydrogens is 250 g/mol. The molecule has 4 nitrogen and oxygen atoms in total. The molecule has 110 valence electrons. The first kappa shape index (κ1) is 15.0. The van der Waals surface area contributed by atoms with Crippen LogP contribution in [-0.2, 0) is 11.3 Å². The monoisotopic (exact) mass is 275 g/mol. The maximum atomic E-state index is 11.0. The molecule has 0 bridgehead atoms. The zero-order chi connectivity index (χ0) is 14.4. The number of nitrogens with one attached hydrogen (secondary N) is 1. The number of likely N-dealkylation sites (tertiary alicyclic amines) is 1. The number of carbonyl (C=O) groups excluding carboxylic acids is 1. The smallest absolute Gasteiger partial charge is 0.221 e. The number of hydrogen-bond donors (Lipinski definition) is 2. The van der Waals surface area contributed by atoms with Gasteiger partial charge in [0.05, 0.1) is 0 Å². The average Bonchev–Trinajstić information content (AvgIpc) is 2.41. The van der Waals surface area contributed by atoms with E-state index in [1.165, 1.54) is 31.9 Å². The van der Waals surface area contributed by atoms with E-state index in [4.69, 9.17) is 5.73 Å². The Morgan fingerprint density at radius 3 is 2.80 bits per heavy atom. The number of hydrogen-bond acceptors (Lipinski definition) is 3. The Morgan fingerprint density at radius 2 is 2.15 bits per heavy atom. The van der Waals surface area contributed by atoms with Crippen LogP contribution in [0.15, 0.2) is 24.3 Å². The van der Waals surface area contributed by atoms with Crippen LogP contribution < -0.4 is 11.1 Å². The normalized spacial score (nSPS) is 19.8. The van der Waals surface area contributed by atoms with Crippen LogP contribution in [0.4, 0.5) is 5.69 Å². The summed E-state index contributed by atoms with van der Waals surface area (Å²) in [5.74, 6) is 0.728. The van der Waals surface area contributed by atoms with Gasteiger partial charge < -0.3 is 11.1 Å². The second-order valence-corrected chi connectivity index (χ2v) is 5.70. The fourth-order valence-corrected chi connectivity index (χ4v) is 2.92. The van der Waals surface area contributed by atoms with Gasteiger partial charge in [0.2, 0.25) is 5.91 Å². The third kappa shape index (κ3) is 4.62. The molecule has 1 saturated heterocycles. The average molecular weight is 275 g/mol. The Morgan fingerprint density at radius 1 is 1.40 bits per heavy atom. The van der Waals surface area contributed by atoms with Crippen LogP contribution in [0.3, 0.4) is 0 Å². The van der Waals surface area contributed by atoms with Gasteiger partial charge in [0.15, 0.2) is 0 Å². The fraction of sp³-hybridized carbons (Fsp3) is 0.562. The summed E-state index contributed by atoms with van der Waals surface area (Å²) in [5, 5.41) is 2.79. The van der Waals surface area contributed by atoms with Gasteiger partial charge in [0, 0.05) is 25.7 Å². The quantitative estimate of drug-likeness (QED) is 0.866. The summed E-state index contributed by atoms with van der Waals surface area (Å²) in [6.07, 6.45) is 3.72. The lowest BCUT2D eigenvalue weighted by Crippen LogP contribution is -2.35. The maximum absolute atomic E-state index is 11.0. The highest BCUT2D eigenvalue weighted by Crippen LogP contribution is 2.21. The van der Waals surface area contributed by atoms with Gasteiger partial charge in [-0.15, -0.1) is 0 Å². The van der Waals surface area contributed by atoms with Crippen LogP contribution in [0.1, 0.15) is 31.7 Å². The Balaban J connectivity index is 1.87. The van der Waals surface area contributed by atoms with E-state index in [1.54, 1.807) is 0 Å². The molecule has 0 aliphatic carbocycles. The van der Waals surface area contributed by atoms with E-state index in [0.717, 1.165) is 37.7 Å². The number of benzene rings is 1. The summed E-state index contributed by atoms with van der Waals surface area (Å²) in [7, 11) is 0. The summed E-state index contributed by atoms with van der Waals surface area (Å²) in [6, 6.07) is 8.13. The Kier molecular flexibility index (Phi) is 5.56. The molecular formula is C16H25N3O. The van der Waals surface area contributed by atoms with Crippen molar-refractivity contribution in [3.63, 3.8) is 0 Å². The van der Waals surface area contributed by atoms with E-state index < -0.39 is 0 Å².